The molecule has 0 fully saturated rings. The van der Waals surface area contributed by atoms with Crippen LogP contribution in [0.4, 0.5) is 0 Å². The van der Waals surface area contributed by atoms with Gasteiger partial charge in [-0.3, -0.25) is 4.98 Å². The lowest BCUT2D eigenvalue weighted by atomic mass is 10.0. The molecule has 0 unspecified atom stereocenters. The van der Waals surface area contributed by atoms with Gasteiger partial charge in [-0.15, -0.1) is 0 Å². The van der Waals surface area contributed by atoms with Gasteiger partial charge >= 0.3 is 0 Å². The van der Waals surface area contributed by atoms with Gasteiger partial charge in [0.2, 0.25) is 0 Å². The minimum absolute atomic E-state index is 0.717. The Morgan fingerprint density at radius 1 is 1.20 bits per heavy atom. The van der Waals surface area contributed by atoms with Crippen LogP contribution in [0.1, 0.15) is 11.1 Å². The summed E-state index contributed by atoms with van der Waals surface area (Å²) in [6, 6.07) is 13.7. The second kappa shape index (κ2) is 3.93. The van der Waals surface area contributed by atoms with Gasteiger partial charge in [0.15, 0.2) is 0 Å². The van der Waals surface area contributed by atoms with E-state index < -0.39 is 0 Å². The third-order valence-electron chi connectivity index (χ3n) is 2.31. The fourth-order valence-electron chi connectivity index (χ4n) is 1.48. The monoisotopic (exact) mass is 194 g/mol. The standard InChI is InChI=1S/C13H10N2/c1-10-8-11(5-6-12(10)9-14)13-4-2-3-7-15-13/h2-8H,1H3. The van der Waals surface area contributed by atoms with Crippen LogP contribution in [0.25, 0.3) is 11.3 Å². The predicted molar refractivity (Wildman–Crippen MR) is 59.1 cm³/mol. The Hall–Kier alpha value is -2.14. The summed E-state index contributed by atoms with van der Waals surface area (Å²) in [5, 5.41) is 8.81. The number of benzene rings is 1. The molecule has 1 aromatic heterocycles. The van der Waals surface area contributed by atoms with E-state index in [4.69, 9.17) is 5.26 Å². The Morgan fingerprint density at radius 2 is 2.07 bits per heavy atom. The van der Waals surface area contributed by atoms with Crippen LogP contribution >= 0.6 is 0 Å². The zero-order chi connectivity index (χ0) is 10.7. The van der Waals surface area contributed by atoms with Crippen molar-refractivity contribution in [3.63, 3.8) is 0 Å². The van der Waals surface area contributed by atoms with Crippen LogP contribution in [0.15, 0.2) is 42.6 Å². The molecule has 0 saturated heterocycles. The average Bonchev–Trinajstić information content (AvgIpc) is 2.30. The Balaban J connectivity index is 2.49. The molecule has 0 aliphatic carbocycles. The van der Waals surface area contributed by atoms with Crippen molar-refractivity contribution in [2.45, 2.75) is 6.92 Å². The van der Waals surface area contributed by atoms with E-state index in [0.29, 0.717) is 0 Å². The van der Waals surface area contributed by atoms with E-state index in [-0.39, 0.29) is 0 Å². The van der Waals surface area contributed by atoms with Crippen LogP contribution in [0.5, 0.6) is 0 Å². The molecule has 0 aliphatic rings. The van der Waals surface area contributed by atoms with Crippen molar-refractivity contribution in [2.75, 3.05) is 0 Å². The molecule has 0 amide bonds. The summed E-state index contributed by atoms with van der Waals surface area (Å²) in [6.45, 7) is 1.94. The van der Waals surface area contributed by atoms with E-state index in [1.54, 1.807) is 6.20 Å². The quantitative estimate of drug-likeness (QED) is 0.699. The molecule has 2 nitrogen and oxygen atoms in total. The van der Waals surface area contributed by atoms with E-state index in [0.717, 1.165) is 22.4 Å². The highest BCUT2D eigenvalue weighted by Crippen LogP contribution is 2.19. The molecule has 0 atom stereocenters. The van der Waals surface area contributed by atoms with Crippen LogP contribution in [0.3, 0.4) is 0 Å². The first-order valence-corrected chi connectivity index (χ1v) is 4.73. The molecule has 2 heteroatoms. The number of rotatable bonds is 1. The normalized spacial score (nSPS) is 9.60. The average molecular weight is 194 g/mol. The van der Waals surface area contributed by atoms with Crippen molar-refractivity contribution >= 4 is 0 Å². The minimum Gasteiger partial charge on any atom is -0.256 e. The zero-order valence-electron chi connectivity index (χ0n) is 8.44. The third-order valence-corrected chi connectivity index (χ3v) is 2.31. The summed E-state index contributed by atoms with van der Waals surface area (Å²) >= 11 is 0. The van der Waals surface area contributed by atoms with E-state index in [2.05, 4.69) is 11.1 Å². The van der Waals surface area contributed by atoms with Gasteiger partial charge in [0.05, 0.1) is 17.3 Å². The molecule has 0 spiro atoms. The van der Waals surface area contributed by atoms with Crippen molar-refractivity contribution in [2.24, 2.45) is 0 Å². The number of hydrogen-bond acceptors (Lipinski definition) is 2. The first kappa shape index (κ1) is 9.42. The Morgan fingerprint density at radius 3 is 2.67 bits per heavy atom. The van der Waals surface area contributed by atoms with E-state index in [1.807, 2.05) is 43.3 Å². The minimum atomic E-state index is 0.717. The molecule has 0 saturated carbocycles. The molecule has 0 radical (unpaired) electrons. The van der Waals surface area contributed by atoms with Crippen molar-refractivity contribution in [3.8, 4) is 17.3 Å². The molecule has 72 valence electrons. The molecule has 0 bridgehead atoms. The first-order chi connectivity index (χ1) is 7.31. The van der Waals surface area contributed by atoms with E-state index in [9.17, 15) is 0 Å². The molecular weight excluding hydrogens is 184 g/mol. The lowest BCUT2D eigenvalue weighted by Crippen LogP contribution is -1.86. The van der Waals surface area contributed by atoms with Crippen LogP contribution in [-0.4, -0.2) is 4.98 Å². The highest BCUT2D eigenvalue weighted by molar-refractivity contribution is 5.61. The topological polar surface area (TPSA) is 36.7 Å². The molecule has 2 rings (SSSR count). The van der Waals surface area contributed by atoms with Crippen LogP contribution in [0.2, 0.25) is 0 Å². The smallest absolute Gasteiger partial charge is 0.0994 e. The maximum absolute atomic E-state index is 8.81. The van der Waals surface area contributed by atoms with Gasteiger partial charge in [0.1, 0.15) is 0 Å². The maximum Gasteiger partial charge on any atom is 0.0994 e. The lowest BCUT2D eigenvalue weighted by Gasteiger charge is -2.02. The largest absolute Gasteiger partial charge is 0.256 e. The summed E-state index contributed by atoms with van der Waals surface area (Å²) in [5.41, 5.74) is 3.69. The summed E-state index contributed by atoms with van der Waals surface area (Å²) in [4.78, 5) is 4.26. The summed E-state index contributed by atoms with van der Waals surface area (Å²) in [6.07, 6.45) is 1.77. The van der Waals surface area contributed by atoms with Crippen molar-refractivity contribution in [3.05, 3.63) is 53.7 Å². The number of aryl methyl sites for hydroxylation is 1. The van der Waals surface area contributed by atoms with Crippen molar-refractivity contribution < 1.29 is 0 Å². The molecule has 2 aromatic rings. The first-order valence-electron chi connectivity index (χ1n) is 4.73. The number of nitrogens with zero attached hydrogens (tertiary/aromatic N) is 2. The number of pyridine rings is 1. The Kier molecular flexibility index (Phi) is 2.47. The summed E-state index contributed by atoms with van der Waals surface area (Å²) in [7, 11) is 0. The van der Waals surface area contributed by atoms with E-state index >= 15 is 0 Å². The van der Waals surface area contributed by atoms with Gasteiger partial charge in [0, 0.05) is 11.8 Å². The highest BCUT2D eigenvalue weighted by Gasteiger charge is 2.01. The Labute approximate surface area is 88.8 Å². The fraction of sp³-hybridized carbons (Fsp3) is 0.0769. The molecule has 1 aromatic carbocycles. The molecule has 0 N–H and O–H groups in total. The van der Waals surface area contributed by atoms with Gasteiger partial charge in [-0.25, -0.2) is 0 Å². The number of aromatic nitrogens is 1. The summed E-state index contributed by atoms with van der Waals surface area (Å²) < 4.78 is 0. The molecule has 1 heterocycles. The third kappa shape index (κ3) is 1.87. The number of nitriles is 1. The lowest BCUT2D eigenvalue weighted by molar-refractivity contribution is 1.31. The highest BCUT2D eigenvalue weighted by atomic mass is 14.7. The summed E-state index contributed by atoms with van der Waals surface area (Å²) in [5.74, 6) is 0. The second-order valence-corrected chi connectivity index (χ2v) is 3.36. The second-order valence-electron chi connectivity index (χ2n) is 3.36. The van der Waals surface area contributed by atoms with Gasteiger partial charge in [-0.05, 0) is 36.8 Å². The van der Waals surface area contributed by atoms with Gasteiger partial charge in [-0.2, -0.15) is 5.26 Å². The van der Waals surface area contributed by atoms with Gasteiger partial charge < -0.3 is 0 Å². The van der Waals surface area contributed by atoms with Gasteiger partial charge in [-0.1, -0.05) is 12.1 Å². The van der Waals surface area contributed by atoms with Crippen LogP contribution < -0.4 is 0 Å². The molecule has 15 heavy (non-hydrogen) atoms. The van der Waals surface area contributed by atoms with Crippen LogP contribution in [-0.2, 0) is 0 Å². The predicted octanol–water partition coefficient (Wildman–Crippen LogP) is 2.93. The maximum atomic E-state index is 8.81. The number of hydrogen-bond donors (Lipinski definition) is 0. The Bertz CT molecular complexity index is 510. The SMILES string of the molecule is Cc1cc(-c2ccccn2)ccc1C#N. The molecule has 0 aliphatic heterocycles. The molecular formula is C13H10N2. The van der Waals surface area contributed by atoms with Crippen LogP contribution in [0, 0.1) is 18.3 Å². The van der Waals surface area contributed by atoms with Crippen molar-refractivity contribution in [1.82, 2.24) is 4.98 Å². The van der Waals surface area contributed by atoms with Gasteiger partial charge in [0.25, 0.3) is 0 Å². The van der Waals surface area contributed by atoms with E-state index in [1.165, 1.54) is 0 Å². The fourth-order valence-corrected chi connectivity index (χ4v) is 1.48. The zero-order valence-corrected chi connectivity index (χ0v) is 8.44. The van der Waals surface area contributed by atoms with Crippen molar-refractivity contribution in [1.29, 1.82) is 5.26 Å².